The Bertz CT molecular complexity index is 1140. The number of hydrogen-bond acceptors (Lipinski definition) is 6. The molecular weight excluding hydrogens is 452 g/mol. The van der Waals surface area contributed by atoms with E-state index in [4.69, 9.17) is 0 Å². The van der Waals surface area contributed by atoms with Crippen LogP contribution >= 0.6 is 0 Å². The van der Waals surface area contributed by atoms with Gasteiger partial charge >= 0.3 is 6.18 Å². The number of carbonyl (C=O) groups excluding carboxylic acids is 1. The number of likely N-dealkylation sites (tertiary alicyclic amines) is 1. The highest BCUT2D eigenvalue weighted by atomic mass is 19.4. The molecule has 2 aromatic heterocycles. The summed E-state index contributed by atoms with van der Waals surface area (Å²) in [7, 11) is 0. The second-order valence-corrected chi connectivity index (χ2v) is 8.09. The van der Waals surface area contributed by atoms with Gasteiger partial charge in [0.05, 0.1) is 17.2 Å². The lowest BCUT2D eigenvalue weighted by Crippen LogP contribution is -2.51. The lowest BCUT2D eigenvalue weighted by Gasteiger charge is -2.40. The summed E-state index contributed by atoms with van der Waals surface area (Å²) in [5.41, 5.74) is -0.767. The van der Waals surface area contributed by atoms with Crippen LogP contribution in [0.15, 0.2) is 49.1 Å². The Morgan fingerprint density at radius 2 is 1.82 bits per heavy atom. The van der Waals surface area contributed by atoms with Crippen molar-refractivity contribution in [1.29, 1.82) is 0 Å². The summed E-state index contributed by atoms with van der Waals surface area (Å²) in [6.07, 6.45) is 1.49. The summed E-state index contributed by atoms with van der Waals surface area (Å²) in [5, 5.41) is 2.92. The van der Waals surface area contributed by atoms with E-state index in [1.807, 2.05) is 6.92 Å². The maximum Gasteiger partial charge on any atom is 0.419 e. The quantitative estimate of drug-likeness (QED) is 0.551. The third-order valence-corrected chi connectivity index (χ3v) is 5.86. The predicted octanol–water partition coefficient (Wildman–Crippen LogP) is 4.44. The molecule has 2 unspecified atom stereocenters. The molecule has 0 saturated carbocycles. The van der Waals surface area contributed by atoms with E-state index in [-0.39, 0.29) is 35.8 Å². The number of anilines is 1. The third-order valence-electron chi connectivity index (χ3n) is 5.86. The zero-order chi connectivity index (χ0) is 24.3. The number of halogens is 4. The molecule has 34 heavy (non-hydrogen) atoms. The van der Waals surface area contributed by atoms with E-state index >= 15 is 0 Å². The molecule has 11 heteroatoms. The normalized spacial score (nSPS) is 18.6. The lowest BCUT2D eigenvalue weighted by atomic mass is 9.89. The molecule has 0 spiro atoms. The van der Waals surface area contributed by atoms with Crippen molar-refractivity contribution in [3.8, 4) is 11.4 Å². The summed E-state index contributed by atoms with van der Waals surface area (Å²) in [5.74, 6) is -0.855. The maximum atomic E-state index is 14.9. The number of benzene rings is 1. The van der Waals surface area contributed by atoms with E-state index < -0.39 is 23.5 Å². The fourth-order valence-electron chi connectivity index (χ4n) is 4.08. The molecule has 178 valence electrons. The van der Waals surface area contributed by atoms with E-state index in [2.05, 4.69) is 25.3 Å². The minimum absolute atomic E-state index is 0.0161. The Labute approximate surface area is 193 Å². The van der Waals surface area contributed by atoms with Gasteiger partial charge in [-0.1, -0.05) is 19.1 Å². The first kappa shape index (κ1) is 23.5. The number of rotatable bonds is 5. The number of amides is 1. The molecule has 2 atom stereocenters. The molecule has 7 nitrogen and oxygen atoms in total. The fourth-order valence-corrected chi connectivity index (χ4v) is 4.08. The Morgan fingerprint density at radius 1 is 1.12 bits per heavy atom. The maximum absolute atomic E-state index is 14.9. The molecule has 0 radical (unpaired) electrons. The highest BCUT2D eigenvalue weighted by Gasteiger charge is 2.35. The largest absolute Gasteiger partial charge is 0.419 e. The van der Waals surface area contributed by atoms with Gasteiger partial charge in [0.1, 0.15) is 5.82 Å². The summed E-state index contributed by atoms with van der Waals surface area (Å²) in [6.45, 7) is 2.58. The first-order valence-electron chi connectivity index (χ1n) is 10.8. The van der Waals surface area contributed by atoms with Crippen LogP contribution in [0, 0.1) is 11.7 Å². The number of nitrogens with zero attached hydrogens (tertiary/aromatic N) is 5. The third kappa shape index (κ3) is 4.97. The smallest absolute Gasteiger partial charge is 0.352 e. The van der Waals surface area contributed by atoms with Gasteiger partial charge in [0, 0.05) is 43.4 Å². The molecule has 1 fully saturated rings. The van der Waals surface area contributed by atoms with Crippen molar-refractivity contribution in [2.45, 2.75) is 32.0 Å². The summed E-state index contributed by atoms with van der Waals surface area (Å²) >= 11 is 0. The van der Waals surface area contributed by atoms with Gasteiger partial charge in [-0.3, -0.25) is 4.79 Å². The number of piperidine rings is 1. The Kier molecular flexibility index (Phi) is 6.71. The minimum Gasteiger partial charge on any atom is -0.352 e. The van der Waals surface area contributed by atoms with Gasteiger partial charge < -0.3 is 10.2 Å². The Balaban J connectivity index is 1.58. The number of nitrogens with one attached hydrogen (secondary N) is 1. The van der Waals surface area contributed by atoms with Gasteiger partial charge in [0.2, 0.25) is 5.95 Å². The monoisotopic (exact) mass is 474 g/mol. The van der Waals surface area contributed by atoms with Crippen LogP contribution < -0.4 is 5.32 Å². The Morgan fingerprint density at radius 3 is 2.50 bits per heavy atom. The number of alkyl halides is 3. The first-order valence-corrected chi connectivity index (χ1v) is 10.8. The van der Waals surface area contributed by atoms with E-state index in [9.17, 15) is 22.4 Å². The molecule has 0 aliphatic carbocycles. The van der Waals surface area contributed by atoms with E-state index in [0.29, 0.717) is 24.5 Å². The average molecular weight is 474 g/mol. The Hall–Kier alpha value is -3.63. The molecular formula is C23H22F4N6O. The number of aromatic nitrogens is 4. The van der Waals surface area contributed by atoms with Crippen molar-refractivity contribution in [1.82, 2.24) is 24.8 Å². The topological polar surface area (TPSA) is 83.9 Å². The first-order chi connectivity index (χ1) is 16.3. The summed E-state index contributed by atoms with van der Waals surface area (Å²) in [6, 6.07) is 5.59. The van der Waals surface area contributed by atoms with Crippen molar-refractivity contribution < 1.29 is 22.4 Å². The molecule has 1 aromatic carbocycles. The zero-order valence-electron chi connectivity index (χ0n) is 18.3. The molecule has 1 saturated heterocycles. The molecule has 3 aromatic rings. The molecule has 1 aliphatic heterocycles. The van der Waals surface area contributed by atoms with E-state index in [0.717, 1.165) is 12.8 Å². The van der Waals surface area contributed by atoms with Gasteiger partial charge in [-0.05, 0) is 30.9 Å². The van der Waals surface area contributed by atoms with Crippen LogP contribution in [0.2, 0.25) is 0 Å². The van der Waals surface area contributed by atoms with Crippen LogP contribution in [0.5, 0.6) is 0 Å². The number of hydrogen-bond donors (Lipinski definition) is 1. The van der Waals surface area contributed by atoms with Gasteiger partial charge in [0.25, 0.3) is 5.91 Å². The second kappa shape index (κ2) is 9.70. The van der Waals surface area contributed by atoms with Crippen molar-refractivity contribution in [2.75, 3.05) is 18.4 Å². The van der Waals surface area contributed by atoms with Gasteiger partial charge in [0.15, 0.2) is 5.82 Å². The van der Waals surface area contributed by atoms with Crippen molar-refractivity contribution in [3.63, 3.8) is 0 Å². The van der Waals surface area contributed by atoms with Crippen LogP contribution in [0.3, 0.4) is 0 Å². The van der Waals surface area contributed by atoms with Crippen molar-refractivity contribution in [2.24, 2.45) is 5.92 Å². The molecule has 0 bridgehead atoms. The van der Waals surface area contributed by atoms with Gasteiger partial charge in [-0.2, -0.15) is 13.2 Å². The lowest BCUT2D eigenvalue weighted by molar-refractivity contribution is -0.138. The highest BCUT2D eigenvalue weighted by Crippen LogP contribution is 2.30. The average Bonchev–Trinajstić information content (AvgIpc) is 2.83. The fraction of sp³-hybridized carbons (Fsp3) is 0.348. The second-order valence-electron chi connectivity index (χ2n) is 8.09. The van der Waals surface area contributed by atoms with Crippen LogP contribution in [0.4, 0.5) is 23.5 Å². The SMILES string of the molecule is CC1CCCN(C(=O)c2c(F)cccc2-c2ncccn2)C1CNc1ncc(C(F)(F)F)cn1. The van der Waals surface area contributed by atoms with Crippen molar-refractivity contribution in [3.05, 3.63) is 66.0 Å². The van der Waals surface area contributed by atoms with Crippen molar-refractivity contribution >= 4 is 11.9 Å². The predicted molar refractivity (Wildman–Crippen MR) is 116 cm³/mol. The van der Waals surface area contributed by atoms with E-state index in [1.165, 1.54) is 24.5 Å². The molecule has 1 N–H and O–H groups in total. The zero-order valence-corrected chi connectivity index (χ0v) is 18.3. The van der Waals surface area contributed by atoms with Crippen LogP contribution in [-0.4, -0.2) is 49.9 Å². The van der Waals surface area contributed by atoms with Gasteiger partial charge in [-0.25, -0.2) is 24.3 Å². The minimum atomic E-state index is -4.53. The number of carbonyl (C=O) groups is 1. The highest BCUT2D eigenvalue weighted by molar-refractivity contribution is 6.00. The van der Waals surface area contributed by atoms with Crippen LogP contribution in [0.25, 0.3) is 11.4 Å². The van der Waals surface area contributed by atoms with Gasteiger partial charge in [-0.15, -0.1) is 0 Å². The molecule has 1 amide bonds. The van der Waals surface area contributed by atoms with Crippen LogP contribution in [0.1, 0.15) is 35.7 Å². The summed E-state index contributed by atoms with van der Waals surface area (Å²) < 4.78 is 53.2. The molecule has 4 rings (SSSR count). The summed E-state index contributed by atoms with van der Waals surface area (Å²) in [4.78, 5) is 30.9. The van der Waals surface area contributed by atoms with E-state index in [1.54, 1.807) is 17.0 Å². The van der Waals surface area contributed by atoms with Crippen LogP contribution in [-0.2, 0) is 6.18 Å². The standard InChI is InChI=1S/C23H22F4N6O/c1-14-5-3-10-33(18(14)13-32-22-30-11-15(12-31-22)23(25,26)27)21(34)19-16(6-2-7-17(19)24)20-28-8-4-9-29-20/h2,4,6-9,11-12,14,18H,3,5,10,13H2,1H3,(H,30,31,32). The molecule has 3 heterocycles. The molecule has 1 aliphatic rings.